The smallest absolute Gasteiger partial charge is 0.319 e. The van der Waals surface area contributed by atoms with E-state index < -0.39 is 0 Å². The van der Waals surface area contributed by atoms with E-state index in [0.717, 1.165) is 22.6 Å². The summed E-state index contributed by atoms with van der Waals surface area (Å²) in [5.41, 5.74) is 1.45. The zero-order valence-electron chi connectivity index (χ0n) is 10.9. The van der Waals surface area contributed by atoms with E-state index in [0.29, 0.717) is 6.42 Å². The number of carbonyl (C=O) groups is 2. The molecule has 0 aromatic carbocycles. The van der Waals surface area contributed by atoms with Crippen molar-refractivity contribution >= 4 is 23.2 Å². The molecule has 1 atom stereocenters. The van der Waals surface area contributed by atoms with Gasteiger partial charge in [-0.1, -0.05) is 19.9 Å². The summed E-state index contributed by atoms with van der Waals surface area (Å²) in [5, 5.41) is 7.63. The minimum Gasteiger partial charge on any atom is -0.326 e. The van der Waals surface area contributed by atoms with Crippen LogP contribution in [0.25, 0.3) is 0 Å². The lowest BCUT2D eigenvalue weighted by atomic mass is 9.73. The third-order valence-corrected chi connectivity index (χ3v) is 4.51. The van der Waals surface area contributed by atoms with Gasteiger partial charge < -0.3 is 10.6 Å². The summed E-state index contributed by atoms with van der Waals surface area (Å²) < 4.78 is 0. The number of rotatable bonds is 1. The van der Waals surface area contributed by atoms with Crippen LogP contribution in [-0.2, 0) is 4.79 Å². The third-order valence-electron chi connectivity index (χ3n) is 3.58. The Hall–Kier alpha value is -1.62. The monoisotopic (exact) mass is 276 g/mol. The second kappa shape index (κ2) is 4.20. The molecule has 1 aromatic rings. The first kappa shape index (κ1) is 12.4. The summed E-state index contributed by atoms with van der Waals surface area (Å²) >= 11 is 1.56. The Kier molecular flexibility index (Phi) is 2.74. The van der Waals surface area contributed by atoms with E-state index >= 15 is 0 Å². The van der Waals surface area contributed by atoms with Crippen molar-refractivity contribution in [2.24, 2.45) is 5.41 Å². The molecule has 1 aromatic heterocycles. The molecule has 3 rings (SSSR count). The van der Waals surface area contributed by atoms with Crippen molar-refractivity contribution < 1.29 is 9.59 Å². The summed E-state index contributed by atoms with van der Waals surface area (Å²) in [7, 11) is 0. The van der Waals surface area contributed by atoms with Gasteiger partial charge in [-0.15, -0.1) is 11.3 Å². The number of thiophene rings is 1. The van der Waals surface area contributed by atoms with Crippen LogP contribution >= 0.6 is 11.3 Å². The van der Waals surface area contributed by atoms with Crippen LogP contribution in [0, 0.1) is 5.41 Å². The average molecular weight is 276 g/mol. The highest BCUT2D eigenvalue weighted by atomic mass is 32.1. The minimum absolute atomic E-state index is 0.0828. The van der Waals surface area contributed by atoms with Crippen LogP contribution in [0.5, 0.6) is 0 Å². The van der Waals surface area contributed by atoms with E-state index in [9.17, 15) is 9.59 Å². The molecule has 0 saturated heterocycles. The Bertz CT molecular complexity index is 572. The Morgan fingerprint density at radius 3 is 2.79 bits per heavy atom. The van der Waals surface area contributed by atoms with Gasteiger partial charge in [0.25, 0.3) is 0 Å². The van der Waals surface area contributed by atoms with E-state index in [4.69, 9.17) is 0 Å². The first-order valence-corrected chi connectivity index (χ1v) is 7.21. The van der Waals surface area contributed by atoms with Crippen molar-refractivity contribution in [2.75, 3.05) is 0 Å². The highest BCUT2D eigenvalue weighted by Crippen LogP contribution is 2.41. The van der Waals surface area contributed by atoms with Crippen LogP contribution in [0.4, 0.5) is 4.79 Å². The Morgan fingerprint density at radius 1 is 1.32 bits per heavy atom. The summed E-state index contributed by atoms with van der Waals surface area (Å²) in [6.45, 7) is 4.12. The van der Waals surface area contributed by atoms with Crippen LogP contribution in [0.15, 0.2) is 28.8 Å². The molecule has 100 valence electrons. The summed E-state index contributed by atoms with van der Waals surface area (Å²) in [6.07, 6.45) is 1.27. The van der Waals surface area contributed by atoms with Gasteiger partial charge in [-0.2, -0.15) is 0 Å². The molecule has 2 heterocycles. The fraction of sp³-hybridized carbons (Fsp3) is 0.429. The summed E-state index contributed by atoms with van der Waals surface area (Å²) in [5.74, 6) is 0.136. The molecule has 2 amide bonds. The zero-order valence-corrected chi connectivity index (χ0v) is 11.8. The van der Waals surface area contributed by atoms with Crippen molar-refractivity contribution in [2.45, 2.75) is 32.7 Å². The SMILES string of the molecule is CC1(C)CC(=O)C2=C(C1)NC(=O)NC2c1cccs1. The summed E-state index contributed by atoms with van der Waals surface area (Å²) in [6, 6.07) is 3.39. The fourth-order valence-electron chi connectivity index (χ4n) is 2.83. The van der Waals surface area contributed by atoms with Gasteiger partial charge in [0, 0.05) is 22.6 Å². The van der Waals surface area contributed by atoms with E-state index in [-0.39, 0.29) is 23.3 Å². The summed E-state index contributed by atoms with van der Waals surface area (Å²) in [4.78, 5) is 25.2. The molecule has 0 fully saturated rings. The van der Waals surface area contributed by atoms with E-state index in [1.807, 2.05) is 17.5 Å². The molecule has 19 heavy (non-hydrogen) atoms. The second-order valence-electron chi connectivity index (χ2n) is 5.88. The van der Waals surface area contributed by atoms with Crippen molar-refractivity contribution in [3.63, 3.8) is 0 Å². The Labute approximate surface area is 115 Å². The largest absolute Gasteiger partial charge is 0.326 e. The fourth-order valence-corrected chi connectivity index (χ4v) is 3.61. The molecule has 2 N–H and O–H groups in total. The van der Waals surface area contributed by atoms with Gasteiger partial charge in [0.2, 0.25) is 0 Å². The quantitative estimate of drug-likeness (QED) is 0.828. The number of ketones is 1. The molecule has 1 aliphatic carbocycles. The topological polar surface area (TPSA) is 58.2 Å². The van der Waals surface area contributed by atoms with Crippen molar-refractivity contribution in [3.8, 4) is 0 Å². The van der Waals surface area contributed by atoms with E-state index in [1.165, 1.54) is 0 Å². The van der Waals surface area contributed by atoms with Crippen LogP contribution in [0.3, 0.4) is 0 Å². The molecular formula is C14H16N2O2S. The predicted octanol–water partition coefficient (Wildman–Crippen LogP) is 2.75. The van der Waals surface area contributed by atoms with E-state index in [1.54, 1.807) is 11.3 Å². The molecular weight excluding hydrogens is 260 g/mol. The van der Waals surface area contributed by atoms with Crippen molar-refractivity contribution in [3.05, 3.63) is 33.7 Å². The number of urea groups is 1. The first-order valence-electron chi connectivity index (χ1n) is 6.33. The lowest BCUT2D eigenvalue weighted by molar-refractivity contribution is -0.118. The maximum Gasteiger partial charge on any atom is 0.319 e. The molecule has 1 aliphatic heterocycles. The number of Topliss-reactive ketones (excluding diaryl/α,β-unsaturated/α-hetero) is 1. The normalized spacial score (nSPS) is 25.7. The molecule has 5 heteroatoms. The highest BCUT2D eigenvalue weighted by Gasteiger charge is 2.40. The molecule has 0 radical (unpaired) electrons. The Balaban J connectivity index is 2.07. The van der Waals surface area contributed by atoms with Crippen LogP contribution in [-0.4, -0.2) is 11.8 Å². The molecule has 0 saturated carbocycles. The predicted molar refractivity (Wildman–Crippen MR) is 73.8 cm³/mol. The van der Waals surface area contributed by atoms with Gasteiger partial charge in [-0.05, 0) is 23.3 Å². The number of hydrogen-bond acceptors (Lipinski definition) is 3. The molecule has 0 spiro atoms. The second-order valence-corrected chi connectivity index (χ2v) is 6.86. The van der Waals surface area contributed by atoms with Gasteiger partial charge in [0.1, 0.15) is 0 Å². The van der Waals surface area contributed by atoms with Gasteiger partial charge in [0.05, 0.1) is 6.04 Å². The number of nitrogens with one attached hydrogen (secondary N) is 2. The number of allylic oxidation sites excluding steroid dienone is 1. The zero-order chi connectivity index (χ0) is 13.6. The molecule has 0 bridgehead atoms. The maximum atomic E-state index is 12.4. The van der Waals surface area contributed by atoms with E-state index in [2.05, 4.69) is 24.5 Å². The molecule has 4 nitrogen and oxygen atoms in total. The van der Waals surface area contributed by atoms with Crippen molar-refractivity contribution in [1.29, 1.82) is 0 Å². The lowest BCUT2D eigenvalue weighted by Gasteiger charge is -2.37. The van der Waals surface area contributed by atoms with Gasteiger partial charge in [-0.25, -0.2) is 4.79 Å². The van der Waals surface area contributed by atoms with Crippen LogP contribution in [0.1, 0.15) is 37.6 Å². The maximum absolute atomic E-state index is 12.4. The lowest BCUT2D eigenvalue weighted by Crippen LogP contribution is -2.48. The standard InChI is InChI=1S/C14H16N2O2S/c1-14(2)6-8-11(9(17)7-14)12(16-13(18)15-8)10-4-3-5-19-10/h3-5,12H,6-7H2,1-2H3,(H2,15,16,18). The molecule has 1 unspecified atom stereocenters. The van der Waals surface area contributed by atoms with Gasteiger partial charge in [0.15, 0.2) is 5.78 Å². The highest BCUT2D eigenvalue weighted by molar-refractivity contribution is 7.10. The average Bonchev–Trinajstić information content (AvgIpc) is 2.78. The van der Waals surface area contributed by atoms with Crippen LogP contribution < -0.4 is 10.6 Å². The minimum atomic E-state index is -0.285. The van der Waals surface area contributed by atoms with Crippen LogP contribution in [0.2, 0.25) is 0 Å². The first-order chi connectivity index (χ1) is 8.96. The van der Waals surface area contributed by atoms with Crippen molar-refractivity contribution in [1.82, 2.24) is 10.6 Å². The molecule has 2 aliphatic rings. The number of amides is 2. The Morgan fingerprint density at radius 2 is 2.11 bits per heavy atom. The van der Waals surface area contributed by atoms with Gasteiger partial charge >= 0.3 is 6.03 Å². The number of hydrogen-bond donors (Lipinski definition) is 2. The van der Waals surface area contributed by atoms with Gasteiger partial charge in [-0.3, -0.25) is 4.79 Å². The number of carbonyl (C=O) groups excluding carboxylic acids is 2. The third kappa shape index (κ3) is 2.18.